The Labute approximate surface area is 143 Å². The van der Waals surface area contributed by atoms with E-state index in [4.69, 9.17) is 9.47 Å². The number of hydrogen-bond donors (Lipinski definition) is 0. The molecule has 1 aromatic carbocycles. The van der Waals surface area contributed by atoms with E-state index >= 15 is 0 Å². The summed E-state index contributed by atoms with van der Waals surface area (Å²) in [5.74, 6) is -1.05. The molecule has 130 valence electrons. The summed E-state index contributed by atoms with van der Waals surface area (Å²) in [6.07, 6.45) is 6.99. The summed E-state index contributed by atoms with van der Waals surface area (Å²) in [7, 11) is 5.31. The number of esters is 2. The lowest BCUT2D eigenvalue weighted by Crippen LogP contribution is -2.14. The molecule has 0 aliphatic carbocycles. The van der Waals surface area contributed by atoms with E-state index in [9.17, 15) is 9.59 Å². The van der Waals surface area contributed by atoms with Crippen LogP contribution >= 0.6 is 0 Å². The molecule has 0 aliphatic rings. The zero-order valence-corrected chi connectivity index (χ0v) is 14.7. The van der Waals surface area contributed by atoms with Gasteiger partial charge in [0.15, 0.2) is 0 Å². The van der Waals surface area contributed by atoms with Crippen LogP contribution in [0.3, 0.4) is 0 Å². The van der Waals surface area contributed by atoms with Crippen molar-refractivity contribution in [3.05, 3.63) is 54.1 Å². The molecule has 0 saturated heterocycles. The van der Waals surface area contributed by atoms with Crippen LogP contribution in [0.2, 0.25) is 0 Å². The highest BCUT2D eigenvalue weighted by atomic mass is 16.5. The Kier molecular flexibility index (Phi) is 8.33. The first kappa shape index (κ1) is 19.5. The van der Waals surface area contributed by atoms with Crippen LogP contribution in [0.25, 0.3) is 0 Å². The normalized spacial score (nSPS) is 12.3. The molecular formula is C19H25NO4. The Morgan fingerprint density at radius 3 is 2.38 bits per heavy atom. The molecule has 1 atom stereocenters. The Morgan fingerprint density at radius 1 is 1.17 bits per heavy atom. The minimum Gasteiger partial charge on any atom is -0.469 e. The summed E-state index contributed by atoms with van der Waals surface area (Å²) in [5, 5.41) is 0. The van der Waals surface area contributed by atoms with E-state index in [1.54, 1.807) is 19.1 Å². The number of allylic oxidation sites excluding steroid dienone is 3. The number of benzene rings is 1. The molecule has 0 aliphatic heterocycles. The van der Waals surface area contributed by atoms with Crippen molar-refractivity contribution in [2.75, 3.05) is 32.7 Å². The molecule has 0 bridgehead atoms. The molecule has 0 radical (unpaired) electrons. The van der Waals surface area contributed by atoms with Gasteiger partial charge in [-0.3, -0.25) is 4.79 Å². The van der Waals surface area contributed by atoms with E-state index in [1.165, 1.54) is 13.2 Å². The van der Waals surface area contributed by atoms with Crippen LogP contribution in [0.15, 0.2) is 48.6 Å². The van der Waals surface area contributed by atoms with E-state index in [-0.39, 0.29) is 17.9 Å². The van der Waals surface area contributed by atoms with E-state index in [1.807, 2.05) is 49.3 Å². The molecular weight excluding hydrogens is 306 g/mol. The lowest BCUT2D eigenvalue weighted by Gasteiger charge is -2.16. The van der Waals surface area contributed by atoms with Crippen molar-refractivity contribution in [2.45, 2.75) is 19.3 Å². The highest BCUT2D eigenvalue weighted by Gasteiger charge is 2.19. The molecule has 1 aromatic rings. The Balaban J connectivity index is 2.76. The third-order valence-corrected chi connectivity index (χ3v) is 3.44. The predicted octanol–water partition coefficient (Wildman–Crippen LogP) is 3.07. The van der Waals surface area contributed by atoms with Gasteiger partial charge in [0.2, 0.25) is 0 Å². The molecule has 0 amide bonds. The second-order valence-electron chi connectivity index (χ2n) is 5.34. The first-order valence-corrected chi connectivity index (χ1v) is 7.84. The number of carbonyl (C=O) groups excluding carboxylic acids is 2. The van der Waals surface area contributed by atoms with Gasteiger partial charge < -0.3 is 14.4 Å². The molecule has 0 aromatic heterocycles. The lowest BCUT2D eigenvalue weighted by atomic mass is 9.95. The number of methoxy groups -OCH3 is 1. The van der Waals surface area contributed by atoms with Crippen molar-refractivity contribution in [1.29, 1.82) is 0 Å². The topological polar surface area (TPSA) is 55.8 Å². The molecule has 5 nitrogen and oxygen atoms in total. The van der Waals surface area contributed by atoms with Crippen LogP contribution in [0, 0.1) is 0 Å². The highest BCUT2D eigenvalue weighted by molar-refractivity contribution is 5.82. The summed E-state index contributed by atoms with van der Waals surface area (Å²) in [5.41, 5.74) is 1.96. The van der Waals surface area contributed by atoms with Crippen molar-refractivity contribution in [2.24, 2.45) is 0 Å². The van der Waals surface area contributed by atoms with Gasteiger partial charge in [-0.25, -0.2) is 4.79 Å². The summed E-state index contributed by atoms with van der Waals surface area (Å²) < 4.78 is 9.68. The smallest absolute Gasteiger partial charge is 0.330 e. The van der Waals surface area contributed by atoms with Gasteiger partial charge in [0.25, 0.3) is 0 Å². The number of ether oxygens (including phenoxy) is 2. The largest absolute Gasteiger partial charge is 0.469 e. The second kappa shape index (κ2) is 10.3. The molecule has 0 saturated carbocycles. The van der Waals surface area contributed by atoms with E-state index in [0.717, 1.165) is 11.3 Å². The molecule has 5 heteroatoms. The predicted molar refractivity (Wildman–Crippen MR) is 95.1 cm³/mol. The van der Waals surface area contributed by atoms with E-state index < -0.39 is 0 Å². The Morgan fingerprint density at radius 2 is 1.83 bits per heavy atom. The number of carbonyl (C=O) groups is 2. The van der Waals surface area contributed by atoms with Gasteiger partial charge in [0, 0.05) is 25.9 Å². The van der Waals surface area contributed by atoms with Gasteiger partial charge in [-0.05, 0) is 31.0 Å². The maximum absolute atomic E-state index is 12.0. The third-order valence-electron chi connectivity index (χ3n) is 3.44. The van der Waals surface area contributed by atoms with Gasteiger partial charge in [-0.1, -0.05) is 30.4 Å². The first-order valence-electron chi connectivity index (χ1n) is 7.84. The fourth-order valence-electron chi connectivity index (χ4n) is 2.13. The minimum atomic E-state index is -0.383. The van der Waals surface area contributed by atoms with Gasteiger partial charge in [0.05, 0.1) is 19.6 Å². The van der Waals surface area contributed by atoms with E-state index in [2.05, 4.69) is 0 Å². The fraction of sp³-hybridized carbons (Fsp3) is 0.368. The second-order valence-corrected chi connectivity index (χ2v) is 5.34. The Hall–Kier alpha value is -2.56. The van der Waals surface area contributed by atoms with Crippen LogP contribution in [0.4, 0.5) is 5.69 Å². The number of anilines is 1. The van der Waals surface area contributed by atoms with Gasteiger partial charge in [-0.15, -0.1) is 0 Å². The standard InChI is InChI=1S/C19H25NO4/c1-5-24-18(21)10-8-6-7-9-17(19(22)23-4)15-11-13-16(14-12-15)20(2)3/h6-8,10-14,17H,5,9H2,1-4H3/b7-6+,10-8+/t17-/m0/s1. The summed E-state index contributed by atoms with van der Waals surface area (Å²) in [4.78, 5) is 25.2. The van der Waals surface area contributed by atoms with Crippen molar-refractivity contribution in [1.82, 2.24) is 0 Å². The Bertz CT molecular complexity index is 588. The van der Waals surface area contributed by atoms with Crippen LogP contribution in [-0.4, -0.2) is 39.8 Å². The van der Waals surface area contributed by atoms with Crippen LogP contribution in [-0.2, 0) is 19.1 Å². The van der Waals surface area contributed by atoms with Gasteiger partial charge >= 0.3 is 11.9 Å². The van der Waals surface area contributed by atoms with Crippen LogP contribution < -0.4 is 4.90 Å². The van der Waals surface area contributed by atoms with Crippen molar-refractivity contribution in [3.8, 4) is 0 Å². The summed E-state index contributed by atoms with van der Waals surface area (Å²) in [6.45, 7) is 2.10. The molecule has 0 N–H and O–H groups in total. The first-order chi connectivity index (χ1) is 11.5. The monoisotopic (exact) mass is 331 g/mol. The average molecular weight is 331 g/mol. The lowest BCUT2D eigenvalue weighted by molar-refractivity contribution is -0.142. The molecule has 0 heterocycles. The summed E-state index contributed by atoms with van der Waals surface area (Å²) >= 11 is 0. The maximum Gasteiger partial charge on any atom is 0.330 e. The summed E-state index contributed by atoms with van der Waals surface area (Å²) in [6, 6.07) is 7.80. The quantitative estimate of drug-likeness (QED) is 0.416. The van der Waals surface area contributed by atoms with Gasteiger partial charge in [-0.2, -0.15) is 0 Å². The maximum atomic E-state index is 12.0. The molecule has 0 spiro atoms. The van der Waals surface area contributed by atoms with Gasteiger partial charge in [0.1, 0.15) is 0 Å². The minimum absolute atomic E-state index is 0.286. The van der Waals surface area contributed by atoms with Crippen LogP contribution in [0.5, 0.6) is 0 Å². The van der Waals surface area contributed by atoms with Crippen molar-refractivity contribution in [3.63, 3.8) is 0 Å². The van der Waals surface area contributed by atoms with E-state index in [0.29, 0.717) is 13.0 Å². The zero-order valence-electron chi connectivity index (χ0n) is 14.7. The highest BCUT2D eigenvalue weighted by Crippen LogP contribution is 2.24. The molecule has 24 heavy (non-hydrogen) atoms. The van der Waals surface area contributed by atoms with Crippen molar-refractivity contribution < 1.29 is 19.1 Å². The molecule has 0 fully saturated rings. The van der Waals surface area contributed by atoms with Crippen LogP contribution in [0.1, 0.15) is 24.8 Å². The number of rotatable bonds is 8. The SMILES string of the molecule is CCOC(=O)/C=C/C=C/C[C@H](C(=O)OC)c1ccc(N(C)C)cc1. The number of nitrogens with zero attached hydrogens (tertiary/aromatic N) is 1. The fourth-order valence-corrected chi connectivity index (χ4v) is 2.13. The molecule has 0 unspecified atom stereocenters. The zero-order chi connectivity index (χ0) is 17.9. The third kappa shape index (κ3) is 6.28. The van der Waals surface area contributed by atoms with Crippen molar-refractivity contribution >= 4 is 17.6 Å². The average Bonchev–Trinajstić information content (AvgIpc) is 2.58. The number of hydrogen-bond acceptors (Lipinski definition) is 5. The molecule has 1 rings (SSSR count).